The molecule has 1 aliphatic heterocycles. The number of fused-ring (bicyclic) bond motifs is 3. The molecule has 2 aromatic heterocycles. The molecule has 3 N–H and O–H groups in total. The lowest BCUT2D eigenvalue weighted by atomic mass is 10.1. The van der Waals surface area contributed by atoms with E-state index in [1.165, 1.54) is 12.4 Å². The topological polar surface area (TPSA) is 122 Å². The van der Waals surface area contributed by atoms with E-state index in [2.05, 4.69) is 21.9 Å². The molecule has 198 valence electrons. The Hall–Kier alpha value is -4.73. The van der Waals surface area contributed by atoms with Gasteiger partial charge in [-0.2, -0.15) is 5.10 Å². The molecule has 10 nitrogen and oxygen atoms in total. The lowest BCUT2D eigenvalue weighted by Crippen LogP contribution is -2.42. The number of hydrogen-bond donors (Lipinski definition) is 2. The van der Waals surface area contributed by atoms with Gasteiger partial charge in [0.2, 0.25) is 5.91 Å². The molecule has 0 radical (unpaired) electrons. The smallest absolute Gasteiger partial charge is 0.255 e. The summed E-state index contributed by atoms with van der Waals surface area (Å²) in [7, 11) is 3.87. The fraction of sp³-hybridized carbons (Fsp3) is 0.276. The summed E-state index contributed by atoms with van der Waals surface area (Å²) in [6.45, 7) is 4.42. The predicted molar refractivity (Wildman–Crippen MR) is 151 cm³/mol. The second-order valence-corrected chi connectivity index (χ2v) is 10.4. The number of nitrogens with zero attached hydrogens (tertiary/aromatic N) is 6. The third-order valence-corrected chi connectivity index (χ3v) is 7.78. The van der Waals surface area contributed by atoms with Gasteiger partial charge in [0.1, 0.15) is 17.8 Å². The summed E-state index contributed by atoms with van der Waals surface area (Å²) in [5.41, 5.74) is 10.7. The first kappa shape index (κ1) is 24.6. The van der Waals surface area contributed by atoms with E-state index < -0.39 is 0 Å². The SMILES string of the molecule is C=CC(=O)N1CC2CC1C(n1nc(-c3ccc(NC(=O)c4cccc(N(C)C)c4)cc3)c3c(N)ncnc31)C2. The number of benzene rings is 2. The van der Waals surface area contributed by atoms with Crippen LogP contribution in [0.4, 0.5) is 17.2 Å². The van der Waals surface area contributed by atoms with Crippen molar-refractivity contribution in [3.8, 4) is 11.3 Å². The van der Waals surface area contributed by atoms with Gasteiger partial charge in [0.25, 0.3) is 5.91 Å². The molecule has 4 aromatic rings. The number of nitrogen functional groups attached to an aromatic ring is 1. The number of aromatic nitrogens is 4. The molecule has 2 fully saturated rings. The first-order valence-electron chi connectivity index (χ1n) is 12.9. The highest BCUT2D eigenvalue weighted by Gasteiger charge is 2.48. The third-order valence-electron chi connectivity index (χ3n) is 7.78. The van der Waals surface area contributed by atoms with Gasteiger partial charge in [-0.1, -0.05) is 24.8 Å². The minimum Gasteiger partial charge on any atom is -0.383 e. The number of likely N-dealkylation sites (tertiary alicyclic amines) is 1. The van der Waals surface area contributed by atoms with E-state index in [0.717, 1.165) is 30.6 Å². The maximum Gasteiger partial charge on any atom is 0.255 e. The Bertz CT molecular complexity index is 1590. The minimum atomic E-state index is -0.186. The maximum atomic E-state index is 12.9. The van der Waals surface area contributed by atoms with Gasteiger partial charge in [-0.15, -0.1) is 0 Å². The van der Waals surface area contributed by atoms with Crippen molar-refractivity contribution in [2.75, 3.05) is 36.6 Å². The fourth-order valence-electron chi connectivity index (χ4n) is 5.89. The lowest BCUT2D eigenvalue weighted by Gasteiger charge is -2.32. The highest BCUT2D eigenvalue weighted by Crippen LogP contribution is 2.46. The van der Waals surface area contributed by atoms with Gasteiger partial charge >= 0.3 is 0 Å². The standard InChI is InChI=1S/C29H30N8O2/c1-4-24(38)36-15-17-12-22(36)23(13-17)37-28-25(27(30)31-16-32-28)26(34-37)18-8-10-20(11-9-18)33-29(39)19-6-5-7-21(14-19)35(2)3/h4-11,14,16-17,22-23H,1,12-13,15H2,2-3H3,(H,33,39)(H2,30,31,32). The zero-order valence-electron chi connectivity index (χ0n) is 21.9. The molecule has 1 saturated carbocycles. The van der Waals surface area contributed by atoms with E-state index in [1.54, 1.807) is 6.07 Å². The number of amides is 2. The lowest BCUT2D eigenvalue weighted by molar-refractivity contribution is -0.128. The van der Waals surface area contributed by atoms with E-state index in [-0.39, 0.29) is 23.9 Å². The van der Waals surface area contributed by atoms with Gasteiger partial charge in [0, 0.05) is 43.1 Å². The van der Waals surface area contributed by atoms with Gasteiger partial charge in [0.15, 0.2) is 5.65 Å². The van der Waals surface area contributed by atoms with Crippen LogP contribution in [0.25, 0.3) is 22.3 Å². The Balaban J connectivity index is 1.30. The molecule has 3 heterocycles. The molecular weight excluding hydrogens is 492 g/mol. The molecular formula is C29H30N8O2. The summed E-state index contributed by atoms with van der Waals surface area (Å²) in [4.78, 5) is 37.9. The van der Waals surface area contributed by atoms with Crippen molar-refractivity contribution >= 4 is 40.0 Å². The number of anilines is 3. The molecule has 2 amide bonds. The van der Waals surface area contributed by atoms with Crippen LogP contribution in [-0.2, 0) is 4.79 Å². The predicted octanol–water partition coefficient (Wildman–Crippen LogP) is 3.74. The zero-order chi connectivity index (χ0) is 27.3. The van der Waals surface area contributed by atoms with Crippen LogP contribution >= 0.6 is 0 Å². The van der Waals surface area contributed by atoms with E-state index in [0.29, 0.717) is 39.7 Å². The van der Waals surface area contributed by atoms with E-state index in [1.807, 2.05) is 71.0 Å². The molecule has 6 rings (SSSR count). The Kier molecular flexibility index (Phi) is 6.02. The van der Waals surface area contributed by atoms with Crippen LogP contribution in [0.15, 0.2) is 67.5 Å². The molecule has 2 aromatic carbocycles. The molecule has 3 unspecified atom stereocenters. The summed E-state index contributed by atoms with van der Waals surface area (Å²) in [6.07, 6.45) is 4.69. The first-order chi connectivity index (χ1) is 18.8. The molecule has 1 saturated heterocycles. The van der Waals surface area contributed by atoms with Crippen LogP contribution in [-0.4, -0.2) is 63.1 Å². The quantitative estimate of drug-likeness (QED) is 0.370. The summed E-state index contributed by atoms with van der Waals surface area (Å²) in [6, 6.07) is 15.0. The normalized spacial score (nSPS) is 19.8. The number of piperidine rings is 1. The minimum absolute atomic E-state index is 0.00492. The monoisotopic (exact) mass is 522 g/mol. The summed E-state index contributed by atoms with van der Waals surface area (Å²) in [5, 5.41) is 8.63. The van der Waals surface area contributed by atoms with Crippen LogP contribution in [0.1, 0.15) is 29.2 Å². The van der Waals surface area contributed by atoms with E-state index >= 15 is 0 Å². The van der Waals surface area contributed by atoms with Crippen molar-refractivity contribution in [1.82, 2.24) is 24.6 Å². The highest BCUT2D eigenvalue weighted by molar-refractivity contribution is 6.05. The molecule has 2 aliphatic rings. The van der Waals surface area contributed by atoms with Crippen molar-refractivity contribution in [3.63, 3.8) is 0 Å². The van der Waals surface area contributed by atoms with Gasteiger partial charge in [-0.05, 0) is 55.2 Å². The molecule has 1 aliphatic carbocycles. The van der Waals surface area contributed by atoms with Gasteiger partial charge < -0.3 is 20.9 Å². The zero-order valence-corrected chi connectivity index (χ0v) is 21.9. The third kappa shape index (κ3) is 4.27. The molecule has 0 spiro atoms. The van der Waals surface area contributed by atoms with Crippen LogP contribution in [0.2, 0.25) is 0 Å². The summed E-state index contributed by atoms with van der Waals surface area (Å²) < 4.78 is 1.92. The van der Waals surface area contributed by atoms with Crippen molar-refractivity contribution in [1.29, 1.82) is 0 Å². The van der Waals surface area contributed by atoms with Crippen LogP contribution < -0.4 is 16.0 Å². The Morgan fingerprint density at radius 1 is 1.10 bits per heavy atom. The molecule has 3 atom stereocenters. The van der Waals surface area contributed by atoms with E-state index in [9.17, 15) is 9.59 Å². The number of hydrogen-bond acceptors (Lipinski definition) is 7. The average Bonchev–Trinajstić information content (AvgIpc) is 3.66. The number of rotatable bonds is 6. The fourth-order valence-corrected chi connectivity index (χ4v) is 5.89. The first-order valence-corrected chi connectivity index (χ1v) is 12.9. The number of nitrogens with one attached hydrogen (secondary N) is 1. The van der Waals surface area contributed by atoms with Gasteiger partial charge in [-0.25, -0.2) is 14.6 Å². The highest BCUT2D eigenvalue weighted by atomic mass is 16.2. The Labute approximate surface area is 226 Å². The van der Waals surface area contributed by atoms with Crippen molar-refractivity contribution < 1.29 is 9.59 Å². The Morgan fingerprint density at radius 3 is 2.59 bits per heavy atom. The van der Waals surface area contributed by atoms with Crippen molar-refractivity contribution in [2.24, 2.45) is 5.92 Å². The van der Waals surface area contributed by atoms with Crippen LogP contribution in [0, 0.1) is 5.92 Å². The molecule has 2 bridgehead atoms. The second-order valence-electron chi connectivity index (χ2n) is 10.4. The van der Waals surface area contributed by atoms with Crippen molar-refractivity contribution in [3.05, 3.63) is 73.1 Å². The van der Waals surface area contributed by atoms with Crippen molar-refractivity contribution in [2.45, 2.75) is 24.9 Å². The van der Waals surface area contributed by atoms with Crippen LogP contribution in [0.3, 0.4) is 0 Å². The molecule has 39 heavy (non-hydrogen) atoms. The number of carbonyl (C=O) groups is 2. The van der Waals surface area contributed by atoms with Gasteiger partial charge in [-0.3, -0.25) is 9.59 Å². The van der Waals surface area contributed by atoms with Gasteiger partial charge in [0.05, 0.1) is 17.5 Å². The maximum absolute atomic E-state index is 12.9. The Morgan fingerprint density at radius 2 is 1.87 bits per heavy atom. The van der Waals surface area contributed by atoms with Crippen LogP contribution in [0.5, 0.6) is 0 Å². The summed E-state index contributed by atoms with van der Waals surface area (Å²) in [5.74, 6) is 0.534. The average molecular weight is 523 g/mol. The molecule has 10 heteroatoms. The number of nitrogens with two attached hydrogens (primary N) is 1. The van der Waals surface area contributed by atoms with E-state index in [4.69, 9.17) is 10.8 Å². The second kappa shape index (κ2) is 9.54. The summed E-state index contributed by atoms with van der Waals surface area (Å²) >= 11 is 0. The largest absolute Gasteiger partial charge is 0.383 e. The number of carbonyl (C=O) groups excluding carboxylic acids is 2.